The van der Waals surface area contributed by atoms with Gasteiger partial charge in [-0.2, -0.15) is 0 Å². The van der Waals surface area contributed by atoms with E-state index in [0.29, 0.717) is 12.4 Å². The summed E-state index contributed by atoms with van der Waals surface area (Å²) < 4.78 is 7.75. The van der Waals surface area contributed by atoms with E-state index in [1.54, 1.807) is 18.2 Å². The molecule has 0 atom stereocenters. The first-order valence-corrected chi connectivity index (χ1v) is 6.67. The number of benzene rings is 2. The van der Waals surface area contributed by atoms with Crippen LogP contribution in [0.1, 0.15) is 5.56 Å². The largest absolute Gasteiger partial charge is 0.508 e. The van der Waals surface area contributed by atoms with Crippen LogP contribution in [0.15, 0.2) is 48.7 Å². The van der Waals surface area contributed by atoms with Crippen LogP contribution in [0.25, 0.3) is 10.9 Å². The van der Waals surface area contributed by atoms with Crippen molar-refractivity contribution in [1.82, 2.24) is 4.57 Å². The molecule has 2 aromatic carbocycles. The van der Waals surface area contributed by atoms with Gasteiger partial charge in [-0.1, -0.05) is 23.7 Å². The molecule has 3 nitrogen and oxygen atoms in total. The van der Waals surface area contributed by atoms with Gasteiger partial charge in [0.05, 0.1) is 5.02 Å². The molecule has 0 radical (unpaired) electrons. The molecule has 0 spiro atoms. The van der Waals surface area contributed by atoms with Gasteiger partial charge in [0.2, 0.25) is 0 Å². The minimum absolute atomic E-state index is 0.193. The van der Waals surface area contributed by atoms with E-state index in [4.69, 9.17) is 16.3 Å². The number of nitrogens with zero attached hydrogens (tertiary/aromatic N) is 1. The Kier molecular flexibility index (Phi) is 3.28. The van der Waals surface area contributed by atoms with Gasteiger partial charge in [0.25, 0.3) is 0 Å². The average Bonchev–Trinajstić information content (AvgIpc) is 2.75. The highest BCUT2D eigenvalue weighted by atomic mass is 35.5. The van der Waals surface area contributed by atoms with Crippen molar-refractivity contribution in [2.24, 2.45) is 7.05 Å². The van der Waals surface area contributed by atoms with Gasteiger partial charge in [-0.15, -0.1) is 0 Å². The molecule has 0 saturated carbocycles. The number of phenols is 1. The number of rotatable bonds is 3. The topological polar surface area (TPSA) is 34.4 Å². The maximum atomic E-state index is 9.43. The monoisotopic (exact) mass is 287 g/mol. The maximum Gasteiger partial charge on any atom is 0.123 e. The van der Waals surface area contributed by atoms with Gasteiger partial charge in [0.15, 0.2) is 0 Å². The maximum absolute atomic E-state index is 9.43. The summed E-state index contributed by atoms with van der Waals surface area (Å²) in [6, 6.07) is 12.6. The van der Waals surface area contributed by atoms with Crippen LogP contribution in [0.3, 0.4) is 0 Å². The molecule has 1 heterocycles. The molecule has 0 aliphatic heterocycles. The highest BCUT2D eigenvalue weighted by molar-refractivity contribution is 6.35. The molecule has 0 amide bonds. The predicted molar refractivity (Wildman–Crippen MR) is 80.4 cm³/mol. The minimum atomic E-state index is 0.193. The number of phenolic OH excluding ortho intramolecular Hbond substituents is 1. The molecular weight excluding hydrogens is 274 g/mol. The first-order valence-electron chi connectivity index (χ1n) is 6.29. The first kappa shape index (κ1) is 12.9. The highest BCUT2D eigenvalue weighted by Crippen LogP contribution is 2.29. The number of aryl methyl sites for hydroxylation is 1. The van der Waals surface area contributed by atoms with Crippen LogP contribution in [-0.2, 0) is 13.7 Å². The Morgan fingerprint density at radius 3 is 2.80 bits per heavy atom. The van der Waals surface area contributed by atoms with Crippen molar-refractivity contribution >= 4 is 22.5 Å². The van der Waals surface area contributed by atoms with Gasteiger partial charge in [-0.05, 0) is 24.3 Å². The second-order valence-corrected chi connectivity index (χ2v) is 5.09. The van der Waals surface area contributed by atoms with Crippen LogP contribution in [0.5, 0.6) is 11.5 Å². The van der Waals surface area contributed by atoms with Crippen LogP contribution in [0.2, 0.25) is 5.02 Å². The van der Waals surface area contributed by atoms with Gasteiger partial charge in [0, 0.05) is 35.8 Å². The van der Waals surface area contributed by atoms with Crippen molar-refractivity contribution < 1.29 is 9.84 Å². The average molecular weight is 288 g/mol. The molecule has 0 bridgehead atoms. The van der Waals surface area contributed by atoms with E-state index in [1.807, 2.05) is 42.1 Å². The summed E-state index contributed by atoms with van der Waals surface area (Å²) in [5.74, 6) is 0.826. The number of fused-ring (bicyclic) bond motifs is 1. The lowest BCUT2D eigenvalue weighted by Crippen LogP contribution is -1.94. The number of aromatic nitrogens is 1. The first-order chi connectivity index (χ1) is 9.65. The number of aromatic hydroxyl groups is 1. The summed E-state index contributed by atoms with van der Waals surface area (Å²) in [5, 5.41) is 11.2. The van der Waals surface area contributed by atoms with Crippen molar-refractivity contribution in [3.63, 3.8) is 0 Å². The van der Waals surface area contributed by atoms with Crippen molar-refractivity contribution in [2.45, 2.75) is 6.61 Å². The molecule has 0 aliphatic rings. The fourth-order valence-corrected chi connectivity index (χ4v) is 2.63. The highest BCUT2D eigenvalue weighted by Gasteiger charge is 2.10. The molecule has 0 fully saturated rings. The van der Waals surface area contributed by atoms with E-state index in [9.17, 15) is 5.11 Å². The van der Waals surface area contributed by atoms with Crippen LogP contribution in [0, 0.1) is 0 Å². The van der Waals surface area contributed by atoms with Gasteiger partial charge >= 0.3 is 0 Å². The number of hydrogen-bond acceptors (Lipinski definition) is 2. The molecule has 0 aliphatic carbocycles. The predicted octanol–water partition coefficient (Wildman–Crippen LogP) is 4.12. The van der Waals surface area contributed by atoms with Crippen LogP contribution < -0.4 is 4.74 Å². The third-order valence-corrected chi connectivity index (χ3v) is 3.57. The summed E-state index contributed by atoms with van der Waals surface area (Å²) in [7, 11) is 1.98. The Hall–Kier alpha value is -2.13. The van der Waals surface area contributed by atoms with Crippen molar-refractivity contribution in [3.8, 4) is 11.5 Å². The smallest absolute Gasteiger partial charge is 0.123 e. The van der Waals surface area contributed by atoms with Crippen molar-refractivity contribution in [3.05, 3.63) is 59.2 Å². The normalized spacial score (nSPS) is 10.9. The lowest BCUT2D eigenvalue weighted by molar-refractivity contribution is 0.305. The minimum Gasteiger partial charge on any atom is -0.508 e. The molecule has 3 rings (SSSR count). The third-order valence-electron chi connectivity index (χ3n) is 3.25. The van der Waals surface area contributed by atoms with Gasteiger partial charge in [-0.3, -0.25) is 0 Å². The second-order valence-electron chi connectivity index (χ2n) is 4.69. The molecule has 4 heteroatoms. The SMILES string of the molecule is Cn1cc(COc2cccc(O)c2)c2c(Cl)cccc21. The van der Waals surface area contributed by atoms with E-state index in [-0.39, 0.29) is 5.75 Å². The van der Waals surface area contributed by atoms with Gasteiger partial charge < -0.3 is 14.4 Å². The zero-order valence-corrected chi connectivity index (χ0v) is 11.8. The summed E-state index contributed by atoms with van der Waals surface area (Å²) in [6.07, 6.45) is 2.01. The molecule has 3 aromatic rings. The molecule has 102 valence electrons. The number of halogens is 1. The standard InChI is InChI=1S/C16H14ClNO2/c1-18-9-11(16-14(17)6-3-7-15(16)18)10-20-13-5-2-4-12(19)8-13/h2-9,19H,10H2,1H3. The third kappa shape index (κ3) is 2.32. The van der Waals surface area contributed by atoms with E-state index in [1.165, 1.54) is 0 Å². The number of hydrogen-bond donors (Lipinski definition) is 1. The van der Waals surface area contributed by atoms with Gasteiger partial charge in [0.1, 0.15) is 18.1 Å². The van der Waals surface area contributed by atoms with Crippen molar-refractivity contribution in [2.75, 3.05) is 0 Å². The summed E-state index contributed by atoms with van der Waals surface area (Å²) in [4.78, 5) is 0. The zero-order valence-electron chi connectivity index (χ0n) is 11.0. The zero-order chi connectivity index (χ0) is 14.1. The van der Waals surface area contributed by atoms with E-state index in [2.05, 4.69) is 0 Å². The Labute approximate surface area is 122 Å². The molecule has 1 N–H and O–H groups in total. The Balaban J connectivity index is 1.92. The number of ether oxygens (including phenoxy) is 1. The molecule has 0 saturated heterocycles. The van der Waals surface area contributed by atoms with E-state index >= 15 is 0 Å². The molecule has 0 unspecified atom stereocenters. The molecular formula is C16H14ClNO2. The fourth-order valence-electron chi connectivity index (χ4n) is 2.34. The summed E-state index contributed by atoms with van der Waals surface area (Å²) in [6.45, 7) is 0.407. The van der Waals surface area contributed by atoms with Crippen LogP contribution in [0.4, 0.5) is 0 Å². The lowest BCUT2D eigenvalue weighted by atomic mass is 10.2. The van der Waals surface area contributed by atoms with E-state index < -0.39 is 0 Å². The summed E-state index contributed by atoms with van der Waals surface area (Å²) in [5.41, 5.74) is 2.10. The summed E-state index contributed by atoms with van der Waals surface area (Å²) >= 11 is 6.27. The van der Waals surface area contributed by atoms with E-state index in [0.717, 1.165) is 21.5 Å². The van der Waals surface area contributed by atoms with Crippen molar-refractivity contribution in [1.29, 1.82) is 0 Å². The molecule has 1 aromatic heterocycles. The quantitative estimate of drug-likeness (QED) is 0.786. The second kappa shape index (κ2) is 5.10. The van der Waals surface area contributed by atoms with Gasteiger partial charge in [-0.25, -0.2) is 0 Å². The Bertz CT molecular complexity index is 764. The Morgan fingerprint density at radius 1 is 1.20 bits per heavy atom. The Morgan fingerprint density at radius 2 is 2.00 bits per heavy atom. The molecule has 20 heavy (non-hydrogen) atoms. The van der Waals surface area contributed by atoms with Crippen LogP contribution >= 0.6 is 11.6 Å². The lowest BCUT2D eigenvalue weighted by Gasteiger charge is -2.06. The fraction of sp³-hybridized carbons (Fsp3) is 0.125. The van der Waals surface area contributed by atoms with Crippen LogP contribution in [-0.4, -0.2) is 9.67 Å².